The Kier molecular flexibility index (Phi) is 5.31. The fourth-order valence-electron chi connectivity index (χ4n) is 3.62. The molecule has 0 fully saturated rings. The maximum Gasteiger partial charge on any atom is 0.145 e. The van der Waals surface area contributed by atoms with Crippen LogP contribution in [0.25, 0.3) is 11.3 Å². The lowest BCUT2D eigenvalue weighted by Crippen LogP contribution is -2.10. The molecule has 0 saturated carbocycles. The molecule has 28 heavy (non-hydrogen) atoms. The van der Waals surface area contributed by atoms with Crippen molar-refractivity contribution in [3.05, 3.63) is 108 Å². The average Bonchev–Trinajstić information content (AvgIpc) is 2.91. The minimum absolute atomic E-state index is 0.294. The minimum Gasteiger partial charge on any atom is -0.369 e. The van der Waals surface area contributed by atoms with Crippen molar-refractivity contribution < 1.29 is 0 Å². The van der Waals surface area contributed by atoms with Gasteiger partial charge in [-0.05, 0) is 23.6 Å². The van der Waals surface area contributed by atoms with Crippen LogP contribution in [0.2, 0.25) is 0 Å². The highest BCUT2D eigenvalue weighted by Gasteiger charge is 2.18. The van der Waals surface area contributed by atoms with Crippen molar-refractivity contribution >= 4 is 5.82 Å². The third-order valence-electron chi connectivity index (χ3n) is 4.99. The lowest BCUT2D eigenvalue weighted by molar-refractivity contribution is 0.743. The molecular formula is C25H21N3. The minimum atomic E-state index is 0.294. The Labute approximate surface area is 165 Å². The molecule has 0 radical (unpaired) electrons. The zero-order valence-corrected chi connectivity index (χ0v) is 15.5. The Morgan fingerprint density at radius 3 is 1.96 bits per heavy atom. The van der Waals surface area contributed by atoms with E-state index in [1.807, 2.05) is 42.5 Å². The van der Waals surface area contributed by atoms with Crippen LogP contribution in [0.1, 0.15) is 29.0 Å². The van der Waals surface area contributed by atoms with Crippen LogP contribution in [0.4, 0.5) is 5.82 Å². The number of fused-ring (bicyclic) bond motifs is 1. The van der Waals surface area contributed by atoms with E-state index in [9.17, 15) is 5.26 Å². The van der Waals surface area contributed by atoms with Crippen LogP contribution in [0.3, 0.4) is 0 Å². The Morgan fingerprint density at radius 1 is 0.786 bits per heavy atom. The van der Waals surface area contributed by atoms with Crippen LogP contribution < -0.4 is 5.32 Å². The highest BCUT2D eigenvalue weighted by molar-refractivity contribution is 5.78. The number of hydrogen-bond acceptors (Lipinski definition) is 3. The lowest BCUT2D eigenvalue weighted by atomic mass is 9.88. The Hall–Kier alpha value is -3.64. The molecule has 3 nitrogen and oxygen atoms in total. The van der Waals surface area contributed by atoms with Crippen LogP contribution in [0.5, 0.6) is 0 Å². The molecule has 0 atom stereocenters. The van der Waals surface area contributed by atoms with Gasteiger partial charge in [0.15, 0.2) is 0 Å². The molecule has 3 heteroatoms. The van der Waals surface area contributed by atoms with Crippen molar-refractivity contribution in [1.82, 2.24) is 4.98 Å². The molecule has 0 spiro atoms. The lowest BCUT2D eigenvalue weighted by Gasteiger charge is -2.18. The predicted molar refractivity (Wildman–Crippen MR) is 113 cm³/mol. The fourth-order valence-corrected chi connectivity index (χ4v) is 3.62. The smallest absolute Gasteiger partial charge is 0.145 e. The second kappa shape index (κ2) is 8.37. The van der Waals surface area contributed by atoms with E-state index in [0.29, 0.717) is 17.3 Å². The van der Waals surface area contributed by atoms with Crippen LogP contribution in [0, 0.1) is 11.3 Å². The molecule has 2 aromatic carbocycles. The third kappa shape index (κ3) is 3.72. The highest BCUT2D eigenvalue weighted by Crippen LogP contribution is 2.31. The molecule has 0 unspecified atom stereocenters. The zero-order valence-electron chi connectivity index (χ0n) is 15.5. The number of benzene rings is 2. The summed E-state index contributed by atoms with van der Waals surface area (Å²) in [5, 5.41) is 13.0. The van der Waals surface area contributed by atoms with Crippen molar-refractivity contribution in [2.45, 2.75) is 12.3 Å². The van der Waals surface area contributed by atoms with Gasteiger partial charge in [0.05, 0.1) is 5.69 Å². The van der Waals surface area contributed by atoms with Gasteiger partial charge in [-0.1, -0.05) is 84.9 Å². The molecule has 1 aliphatic carbocycles. The molecule has 0 bridgehead atoms. The number of hydrogen-bond donors (Lipinski definition) is 1. The summed E-state index contributed by atoms with van der Waals surface area (Å²) in [5.74, 6) is 0.964. The van der Waals surface area contributed by atoms with E-state index >= 15 is 0 Å². The summed E-state index contributed by atoms with van der Waals surface area (Å²) in [7, 11) is 0. The number of rotatable bonds is 6. The van der Waals surface area contributed by atoms with Gasteiger partial charge in [-0.3, -0.25) is 0 Å². The first kappa shape index (κ1) is 17.8. The van der Waals surface area contributed by atoms with Gasteiger partial charge in [0.1, 0.15) is 17.5 Å². The van der Waals surface area contributed by atoms with Crippen LogP contribution in [0.15, 0.2) is 91.0 Å². The number of aromatic nitrogens is 1. The summed E-state index contributed by atoms with van der Waals surface area (Å²) in [6, 6.07) is 33.1. The number of nitriles is 1. The second-order valence-corrected chi connectivity index (χ2v) is 6.75. The van der Waals surface area contributed by atoms with E-state index in [-0.39, 0.29) is 0 Å². The van der Waals surface area contributed by atoms with E-state index in [4.69, 9.17) is 0 Å². The highest BCUT2D eigenvalue weighted by atomic mass is 15.0. The van der Waals surface area contributed by atoms with Gasteiger partial charge in [0, 0.05) is 18.0 Å². The van der Waals surface area contributed by atoms with Gasteiger partial charge in [0.25, 0.3) is 0 Å². The van der Waals surface area contributed by atoms with Gasteiger partial charge >= 0.3 is 0 Å². The third-order valence-corrected chi connectivity index (χ3v) is 4.99. The van der Waals surface area contributed by atoms with Crippen LogP contribution in [-0.4, -0.2) is 11.5 Å². The number of anilines is 1. The fraction of sp³-hybridized carbons (Fsp3) is 0.120. The predicted octanol–water partition coefficient (Wildman–Crippen LogP) is 5.69. The zero-order chi connectivity index (χ0) is 19.2. The summed E-state index contributed by atoms with van der Waals surface area (Å²) in [6.45, 7) is 0.735. The Balaban J connectivity index is 1.56. The first-order valence-corrected chi connectivity index (χ1v) is 9.49. The molecule has 0 saturated heterocycles. The van der Waals surface area contributed by atoms with E-state index in [0.717, 1.165) is 24.2 Å². The molecular weight excluding hydrogens is 342 g/mol. The first-order chi connectivity index (χ1) is 13.9. The molecule has 2 aliphatic rings. The van der Waals surface area contributed by atoms with E-state index in [2.05, 4.69) is 64.9 Å². The van der Waals surface area contributed by atoms with Crippen molar-refractivity contribution in [3.63, 3.8) is 0 Å². The molecule has 1 N–H and O–H groups in total. The molecule has 2 aromatic rings. The van der Waals surface area contributed by atoms with Crippen LogP contribution in [-0.2, 0) is 0 Å². The SMILES string of the molecule is N#Cc1c2cccccc-2nc1NCCC(c1ccccc1)c1ccccc1. The summed E-state index contributed by atoms with van der Waals surface area (Å²) in [5.41, 5.74) is 4.93. The van der Waals surface area contributed by atoms with Gasteiger partial charge in [-0.15, -0.1) is 0 Å². The average molecular weight is 363 g/mol. The summed E-state index contributed by atoms with van der Waals surface area (Å²) in [4.78, 5) is 4.63. The molecule has 136 valence electrons. The molecule has 1 heterocycles. The van der Waals surface area contributed by atoms with Gasteiger partial charge in [-0.2, -0.15) is 5.26 Å². The van der Waals surface area contributed by atoms with Gasteiger partial charge < -0.3 is 5.32 Å². The van der Waals surface area contributed by atoms with Gasteiger partial charge in [-0.25, -0.2) is 4.98 Å². The van der Waals surface area contributed by atoms with E-state index in [1.165, 1.54) is 11.1 Å². The Morgan fingerprint density at radius 2 is 1.36 bits per heavy atom. The molecule has 0 aromatic heterocycles. The molecule has 0 amide bonds. The number of nitrogens with zero attached hydrogens (tertiary/aromatic N) is 2. The quantitative estimate of drug-likeness (QED) is 0.478. The monoisotopic (exact) mass is 363 g/mol. The Bertz CT molecular complexity index is 1010. The van der Waals surface area contributed by atoms with E-state index in [1.54, 1.807) is 0 Å². The van der Waals surface area contributed by atoms with Crippen molar-refractivity contribution in [2.75, 3.05) is 11.9 Å². The standard InChI is InChI=1S/C25H21N3/c26-18-23-22-14-8-3-9-15-24(22)28-25(23)27-17-16-21(19-10-4-1-5-11-19)20-12-6-2-7-13-20/h1-15,21H,16-17H2,(H,27,28). The van der Waals surface area contributed by atoms with Crippen LogP contribution >= 0.6 is 0 Å². The van der Waals surface area contributed by atoms with Crippen molar-refractivity contribution in [1.29, 1.82) is 5.26 Å². The number of nitrogens with one attached hydrogen (secondary N) is 1. The maximum atomic E-state index is 9.62. The summed E-state index contributed by atoms with van der Waals surface area (Å²) >= 11 is 0. The largest absolute Gasteiger partial charge is 0.369 e. The first-order valence-electron chi connectivity index (χ1n) is 9.49. The van der Waals surface area contributed by atoms with Gasteiger partial charge in [0.2, 0.25) is 0 Å². The summed E-state index contributed by atoms with van der Waals surface area (Å²) < 4.78 is 0. The molecule has 4 rings (SSSR count). The summed E-state index contributed by atoms with van der Waals surface area (Å²) in [6.07, 6.45) is 0.913. The normalized spacial score (nSPS) is 10.7. The molecule has 1 aliphatic heterocycles. The maximum absolute atomic E-state index is 9.62. The van der Waals surface area contributed by atoms with E-state index < -0.39 is 0 Å². The topological polar surface area (TPSA) is 48.7 Å². The van der Waals surface area contributed by atoms with Crippen molar-refractivity contribution in [3.8, 4) is 17.3 Å². The second-order valence-electron chi connectivity index (χ2n) is 6.75. The van der Waals surface area contributed by atoms with Crippen molar-refractivity contribution in [2.24, 2.45) is 0 Å².